The second-order valence-corrected chi connectivity index (χ2v) is 7.85. The minimum Gasteiger partial charge on any atom is -0.496 e. The molecule has 2 aromatic carbocycles. The zero-order valence-corrected chi connectivity index (χ0v) is 18.6. The van der Waals surface area contributed by atoms with Gasteiger partial charge in [0.25, 0.3) is 5.91 Å². The van der Waals surface area contributed by atoms with Gasteiger partial charge in [0.15, 0.2) is 0 Å². The topological polar surface area (TPSA) is 55.8 Å². The fraction of sp³-hybridized carbons (Fsp3) is 0.143. The van der Waals surface area contributed by atoms with Gasteiger partial charge < -0.3 is 9.47 Å². The Hall–Kier alpha value is -2.38. The Morgan fingerprint density at radius 2 is 1.79 bits per heavy atom. The van der Waals surface area contributed by atoms with E-state index in [0.717, 1.165) is 8.95 Å². The highest BCUT2D eigenvalue weighted by molar-refractivity contribution is 9.10. The number of carbonyl (C=O) groups is 2. The maximum absolute atomic E-state index is 13.3. The van der Waals surface area contributed by atoms with Crippen LogP contribution in [0.5, 0.6) is 5.75 Å². The van der Waals surface area contributed by atoms with Crippen LogP contribution in [-0.4, -0.2) is 26.1 Å². The second-order valence-electron chi connectivity index (χ2n) is 6.02. The molecular formula is C21H17Br2NO4. The molecule has 0 bridgehead atoms. The molecule has 0 atom stereocenters. The van der Waals surface area contributed by atoms with Crippen molar-refractivity contribution in [2.24, 2.45) is 0 Å². The number of anilines is 1. The molecule has 1 aliphatic rings. The molecule has 1 heterocycles. The van der Waals surface area contributed by atoms with E-state index in [1.54, 1.807) is 26.2 Å². The predicted octanol–water partition coefficient (Wildman–Crippen LogP) is 5.10. The quantitative estimate of drug-likeness (QED) is 0.427. The summed E-state index contributed by atoms with van der Waals surface area (Å²) in [6.45, 7) is 1.73. The van der Waals surface area contributed by atoms with Gasteiger partial charge in [0.1, 0.15) is 5.75 Å². The number of rotatable bonds is 4. The van der Waals surface area contributed by atoms with Crippen molar-refractivity contribution < 1.29 is 19.1 Å². The highest BCUT2D eigenvalue weighted by Gasteiger charge is 2.38. The number of halogens is 2. The molecule has 0 aliphatic carbocycles. The Morgan fingerprint density at radius 1 is 1.07 bits per heavy atom. The third-order valence-corrected chi connectivity index (χ3v) is 5.33. The molecule has 0 unspecified atom stereocenters. The number of ether oxygens (including phenoxy) is 2. The average Bonchev–Trinajstić information content (AvgIpc) is 2.91. The van der Waals surface area contributed by atoms with Gasteiger partial charge >= 0.3 is 5.97 Å². The Bertz CT molecular complexity index is 1030. The molecule has 1 aliphatic heterocycles. The first-order chi connectivity index (χ1) is 13.4. The van der Waals surface area contributed by atoms with Gasteiger partial charge in [0.2, 0.25) is 0 Å². The number of allylic oxidation sites excluding steroid dienone is 1. The maximum Gasteiger partial charge on any atom is 0.340 e. The van der Waals surface area contributed by atoms with E-state index in [1.807, 2.05) is 36.4 Å². The van der Waals surface area contributed by atoms with Crippen LogP contribution in [0.25, 0.3) is 6.08 Å². The van der Waals surface area contributed by atoms with Crippen LogP contribution in [0.2, 0.25) is 0 Å². The zero-order valence-electron chi connectivity index (χ0n) is 15.5. The highest BCUT2D eigenvalue weighted by atomic mass is 79.9. The number of benzene rings is 2. The zero-order chi connectivity index (χ0) is 20.4. The normalized spacial score (nSPS) is 15.4. The van der Waals surface area contributed by atoms with Gasteiger partial charge in [-0.3, -0.25) is 9.69 Å². The molecule has 0 aromatic heterocycles. The van der Waals surface area contributed by atoms with Crippen molar-refractivity contribution in [3.63, 3.8) is 0 Å². The van der Waals surface area contributed by atoms with Gasteiger partial charge in [-0.25, -0.2) is 4.79 Å². The van der Waals surface area contributed by atoms with Crippen molar-refractivity contribution in [2.45, 2.75) is 6.92 Å². The smallest absolute Gasteiger partial charge is 0.340 e. The van der Waals surface area contributed by atoms with Crippen LogP contribution in [0.3, 0.4) is 0 Å². The number of carbonyl (C=O) groups excluding carboxylic acids is 2. The van der Waals surface area contributed by atoms with E-state index in [9.17, 15) is 9.59 Å². The van der Waals surface area contributed by atoms with E-state index >= 15 is 0 Å². The standard InChI is InChI=1S/C21H17Br2NO4/c1-12-19(21(26)28-3)17(10-13-9-15(23)7-8-18(13)27-2)20(25)24(12)16-6-4-5-14(22)11-16/h4-11H,1-3H3/b17-10-. The van der Waals surface area contributed by atoms with Crippen molar-refractivity contribution in [3.05, 3.63) is 73.8 Å². The molecule has 28 heavy (non-hydrogen) atoms. The molecule has 7 heteroatoms. The summed E-state index contributed by atoms with van der Waals surface area (Å²) >= 11 is 6.85. The van der Waals surface area contributed by atoms with Crippen molar-refractivity contribution in [1.29, 1.82) is 0 Å². The van der Waals surface area contributed by atoms with Crippen LogP contribution >= 0.6 is 31.9 Å². The van der Waals surface area contributed by atoms with Crippen molar-refractivity contribution in [3.8, 4) is 5.75 Å². The number of esters is 1. The summed E-state index contributed by atoms with van der Waals surface area (Å²) in [7, 11) is 2.85. The van der Waals surface area contributed by atoms with E-state index < -0.39 is 5.97 Å². The molecule has 0 N–H and O–H groups in total. The van der Waals surface area contributed by atoms with Crippen LogP contribution in [-0.2, 0) is 14.3 Å². The van der Waals surface area contributed by atoms with E-state index in [4.69, 9.17) is 9.47 Å². The van der Waals surface area contributed by atoms with Crippen LogP contribution in [0.4, 0.5) is 5.69 Å². The first-order valence-corrected chi connectivity index (χ1v) is 9.90. The number of methoxy groups -OCH3 is 2. The van der Waals surface area contributed by atoms with Crippen molar-refractivity contribution in [2.75, 3.05) is 19.1 Å². The third kappa shape index (κ3) is 3.77. The number of nitrogens with zero attached hydrogens (tertiary/aromatic N) is 1. The number of amides is 1. The van der Waals surface area contributed by atoms with Gasteiger partial charge in [-0.2, -0.15) is 0 Å². The summed E-state index contributed by atoms with van der Waals surface area (Å²) in [4.78, 5) is 27.3. The molecule has 0 spiro atoms. The lowest BCUT2D eigenvalue weighted by atomic mass is 10.0. The van der Waals surface area contributed by atoms with Gasteiger partial charge in [0.05, 0.1) is 31.1 Å². The van der Waals surface area contributed by atoms with Crippen LogP contribution < -0.4 is 9.64 Å². The van der Waals surface area contributed by atoms with E-state index in [0.29, 0.717) is 22.7 Å². The van der Waals surface area contributed by atoms with E-state index in [-0.39, 0.29) is 17.1 Å². The SMILES string of the molecule is COC(=O)C1=C(C)N(c2cccc(Br)c2)C(=O)/C1=C\c1cc(Br)ccc1OC. The van der Waals surface area contributed by atoms with Gasteiger partial charge in [0, 0.05) is 20.2 Å². The predicted molar refractivity (Wildman–Crippen MR) is 115 cm³/mol. The molecule has 5 nitrogen and oxygen atoms in total. The fourth-order valence-electron chi connectivity index (χ4n) is 3.08. The summed E-state index contributed by atoms with van der Waals surface area (Å²) < 4.78 is 12.0. The molecular weight excluding hydrogens is 490 g/mol. The van der Waals surface area contributed by atoms with Crippen molar-refractivity contribution in [1.82, 2.24) is 0 Å². The van der Waals surface area contributed by atoms with Gasteiger partial charge in [-0.05, 0) is 49.4 Å². The Kier molecular flexibility index (Phi) is 6.05. The Balaban J connectivity index is 2.19. The van der Waals surface area contributed by atoms with Gasteiger partial charge in [-0.15, -0.1) is 0 Å². The third-order valence-electron chi connectivity index (χ3n) is 4.35. The second kappa shape index (κ2) is 8.32. The lowest BCUT2D eigenvalue weighted by Crippen LogP contribution is -2.24. The van der Waals surface area contributed by atoms with E-state index in [2.05, 4.69) is 31.9 Å². The van der Waals surface area contributed by atoms with E-state index in [1.165, 1.54) is 12.0 Å². The number of hydrogen-bond acceptors (Lipinski definition) is 4. The molecule has 2 aromatic rings. The first-order valence-electron chi connectivity index (χ1n) is 8.32. The summed E-state index contributed by atoms with van der Waals surface area (Å²) in [5, 5.41) is 0. The molecule has 0 radical (unpaired) electrons. The van der Waals surface area contributed by atoms with Gasteiger partial charge in [-0.1, -0.05) is 37.9 Å². The first kappa shape index (κ1) is 20.4. The summed E-state index contributed by atoms with van der Waals surface area (Å²) in [6, 6.07) is 12.8. The number of hydrogen-bond donors (Lipinski definition) is 0. The minimum absolute atomic E-state index is 0.231. The molecule has 0 saturated carbocycles. The lowest BCUT2D eigenvalue weighted by molar-refractivity contribution is -0.136. The molecule has 1 amide bonds. The highest BCUT2D eigenvalue weighted by Crippen LogP contribution is 2.37. The van der Waals surface area contributed by atoms with Crippen LogP contribution in [0.15, 0.2) is 68.3 Å². The maximum atomic E-state index is 13.3. The minimum atomic E-state index is -0.566. The Morgan fingerprint density at radius 3 is 2.43 bits per heavy atom. The Labute approximate surface area is 179 Å². The lowest BCUT2D eigenvalue weighted by Gasteiger charge is -2.18. The van der Waals surface area contributed by atoms with Crippen LogP contribution in [0.1, 0.15) is 12.5 Å². The summed E-state index contributed by atoms with van der Waals surface area (Å²) in [5.41, 5.74) is 2.32. The average molecular weight is 507 g/mol. The molecule has 3 rings (SSSR count). The summed E-state index contributed by atoms with van der Waals surface area (Å²) in [5.74, 6) is -0.284. The monoisotopic (exact) mass is 505 g/mol. The largest absolute Gasteiger partial charge is 0.496 e. The molecule has 144 valence electrons. The van der Waals surface area contributed by atoms with Crippen LogP contribution in [0, 0.1) is 0 Å². The van der Waals surface area contributed by atoms with Crippen molar-refractivity contribution >= 4 is 55.5 Å². The molecule has 0 fully saturated rings. The fourth-order valence-corrected chi connectivity index (χ4v) is 3.85. The summed E-state index contributed by atoms with van der Waals surface area (Å²) in [6.07, 6.45) is 1.65. The molecule has 0 saturated heterocycles.